The highest BCUT2D eigenvalue weighted by Crippen LogP contribution is 2.36. The first-order valence-electron chi connectivity index (χ1n) is 13.6. The van der Waals surface area contributed by atoms with Gasteiger partial charge in [-0.15, -0.1) is 0 Å². The molecule has 44 heavy (non-hydrogen) atoms. The molecule has 12 heteroatoms. The number of aromatic nitrogens is 1. The van der Waals surface area contributed by atoms with E-state index in [2.05, 4.69) is 36.9 Å². The van der Waals surface area contributed by atoms with E-state index in [4.69, 9.17) is 18.9 Å². The summed E-state index contributed by atoms with van der Waals surface area (Å²) in [6.07, 6.45) is 3.12. The van der Waals surface area contributed by atoms with Gasteiger partial charge in [0.1, 0.15) is 18.2 Å². The molecular formula is C32H27Br2FN2O6S. The summed E-state index contributed by atoms with van der Waals surface area (Å²) in [6, 6.07) is 14.5. The van der Waals surface area contributed by atoms with E-state index in [0.717, 1.165) is 4.47 Å². The Morgan fingerprint density at radius 2 is 1.80 bits per heavy atom. The Morgan fingerprint density at radius 3 is 2.52 bits per heavy atom. The normalized spacial score (nSPS) is 14.4. The smallest absolute Gasteiger partial charge is 0.337 e. The largest absolute Gasteiger partial charge is 0.490 e. The molecule has 0 unspecified atom stereocenters. The van der Waals surface area contributed by atoms with Crippen LogP contribution in [0.25, 0.3) is 6.08 Å². The second-order valence-corrected chi connectivity index (χ2v) is 12.2. The number of carbonyl (C=O) groups is 1. The number of esters is 1. The number of thiazole rings is 1. The zero-order valence-corrected chi connectivity index (χ0v) is 27.9. The maximum Gasteiger partial charge on any atom is 0.337 e. The number of fused-ring (bicyclic) bond motifs is 1. The van der Waals surface area contributed by atoms with Crippen LogP contribution < -0.4 is 29.1 Å². The van der Waals surface area contributed by atoms with Crippen LogP contribution in [-0.4, -0.2) is 30.9 Å². The van der Waals surface area contributed by atoms with Crippen LogP contribution in [0.4, 0.5) is 4.39 Å². The maximum atomic E-state index is 14.3. The van der Waals surface area contributed by atoms with E-state index in [-0.39, 0.29) is 23.6 Å². The average molecular weight is 746 g/mol. The fourth-order valence-electron chi connectivity index (χ4n) is 4.73. The van der Waals surface area contributed by atoms with Crippen LogP contribution in [0.5, 0.6) is 17.2 Å². The van der Waals surface area contributed by atoms with Crippen molar-refractivity contribution in [2.45, 2.75) is 26.5 Å². The van der Waals surface area contributed by atoms with Gasteiger partial charge in [-0.05, 0) is 71.7 Å². The van der Waals surface area contributed by atoms with E-state index < -0.39 is 12.0 Å². The molecule has 0 N–H and O–H groups in total. The van der Waals surface area contributed by atoms with E-state index in [0.29, 0.717) is 61.0 Å². The van der Waals surface area contributed by atoms with Crippen molar-refractivity contribution in [2.75, 3.05) is 20.3 Å². The molecule has 0 aliphatic carbocycles. The molecule has 0 saturated heterocycles. The van der Waals surface area contributed by atoms with Gasteiger partial charge >= 0.3 is 5.97 Å². The first-order chi connectivity index (χ1) is 21.2. The molecule has 8 nitrogen and oxygen atoms in total. The quantitative estimate of drug-likeness (QED) is 0.184. The summed E-state index contributed by atoms with van der Waals surface area (Å²) >= 11 is 8.21. The van der Waals surface area contributed by atoms with Crippen LogP contribution in [0.2, 0.25) is 0 Å². The highest BCUT2D eigenvalue weighted by atomic mass is 79.9. The predicted molar refractivity (Wildman–Crippen MR) is 173 cm³/mol. The molecule has 0 fully saturated rings. The second-order valence-electron chi connectivity index (χ2n) is 9.43. The molecular weight excluding hydrogens is 719 g/mol. The molecule has 2 heterocycles. The molecule has 0 saturated carbocycles. The fraction of sp³-hybridized carbons (Fsp3) is 0.219. The Hall–Kier alpha value is -3.74. The van der Waals surface area contributed by atoms with Crippen molar-refractivity contribution < 1.29 is 28.1 Å². The third-order valence-electron chi connectivity index (χ3n) is 6.66. The summed E-state index contributed by atoms with van der Waals surface area (Å²) in [7, 11) is 1.28. The van der Waals surface area contributed by atoms with Gasteiger partial charge in [0.2, 0.25) is 0 Å². The molecule has 1 atom stereocenters. The highest BCUT2D eigenvalue weighted by molar-refractivity contribution is 9.11. The number of hydrogen-bond donors (Lipinski definition) is 0. The summed E-state index contributed by atoms with van der Waals surface area (Å²) in [4.78, 5) is 31.8. The van der Waals surface area contributed by atoms with E-state index in [9.17, 15) is 14.0 Å². The number of nitrogens with zero attached hydrogens (tertiary/aromatic N) is 2. The van der Waals surface area contributed by atoms with Gasteiger partial charge in [-0.25, -0.2) is 14.2 Å². The van der Waals surface area contributed by atoms with Crippen molar-refractivity contribution in [3.8, 4) is 17.2 Å². The van der Waals surface area contributed by atoms with Crippen LogP contribution in [0.1, 0.15) is 36.6 Å². The van der Waals surface area contributed by atoms with Gasteiger partial charge in [0.05, 0.1) is 40.9 Å². The van der Waals surface area contributed by atoms with Gasteiger partial charge in [0.15, 0.2) is 16.3 Å². The number of methoxy groups -OCH3 is 1. The Kier molecular flexibility index (Phi) is 10.0. The third kappa shape index (κ3) is 6.52. The lowest BCUT2D eigenvalue weighted by molar-refractivity contribution is -0.136. The third-order valence-corrected chi connectivity index (χ3v) is 8.71. The van der Waals surface area contributed by atoms with Crippen LogP contribution in [-0.2, 0) is 16.1 Å². The number of rotatable bonds is 10. The number of carbonyl (C=O) groups excluding carboxylic acids is 1. The molecule has 3 aromatic carbocycles. The highest BCUT2D eigenvalue weighted by Gasteiger charge is 2.31. The molecule has 1 aliphatic rings. The van der Waals surface area contributed by atoms with Crippen molar-refractivity contribution in [2.24, 2.45) is 4.99 Å². The SMILES string of the molecule is CCOc1ccc([C@H]2C(C(=O)OC)=CN=c3s/c(=C/c4cc(Br)cc(Br)c4OCc4ccccc4F)c(=O)n32)cc1OCC. The van der Waals surface area contributed by atoms with Crippen molar-refractivity contribution in [3.05, 3.63) is 118 Å². The first kappa shape index (κ1) is 31.7. The van der Waals surface area contributed by atoms with Crippen LogP contribution in [0.15, 0.2) is 85.1 Å². The topological polar surface area (TPSA) is 88.4 Å². The van der Waals surface area contributed by atoms with Crippen LogP contribution >= 0.6 is 43.2 Å². The van der Waals surface area contributed by atoms with E-state index in [1.54, 1.807) is 54.6 Å². The van der Waals surface area contributed by atoms with Gasteiger partial charge in [-0.3, -0.25) is 9.36 Å². The molecule has 228 valence electrons. The van der Waals surface area contributed by atoms with Gasteiger partial charge < -0.3 is 18.9 Å². The number of ether oxygens (including phenoxy) is 4. The molecule has 4 aromatic rings. The lowest BCUT2D eigenvalue weighted by atomic mass is 9.97. The van der Waals surface area contributed by atoms with Crippen LogP contribution in [0, 0.1) is 5.82 Å². The van der Waals surface area contributed by atoms with E-state index in [1.807, 2.05) is 13.8 Å². The molecule has 1 aromatic heterocycles. The average Bonchev–Trinajstić information content (AvgIpc) is 3.32. The molecule has 0 radical (unpaired) electrons. The van der Waals surface area contributed by atoms with E-state index in [1.165, 1.54) is 35.3 Å². The second kappa shape index (κ2) is 13.9. The Balaban J connectivity index is 1.63. The zero-order chi connectivity index (χ0) is 31.4. The Bertz CT molecular complexity index is 1940. The molecule has 0 spiro atoms. The van der Waals surface area contributed by atoms with Crippen molar-refractivity contribution >= 4 is 55.2 Å². The molecule has 5 rings (SSSR count). The minimum absolute atomic E-state index is 0.0165. The van der Waals surface area contributed by atoms with Crippen molar-refractivity contribution in [3.63, 3.8) is 0 Å². The monoisotopic (exact) mass is 744 g/mol. The Labute approximate surface area is 273 Å². The summed E-state index contributed by atoms with van der Waals surface area (Å²) in [5.41, 5.74) is 1.42. The van der Waals surface area contributed by atoms with Crippen molar-refractivity contribution in [1.82, 2.24) is 4.57 Å². The van der Waals surface area contributed by atoms with Crippen LogP contribution in [0.3, 0.4) is 0 Å². The van der Waals surface area contributed by atoms with Gasteiger partial charge in [-0.1, -0.05) is 51.5 Å². The zero-order valence-electron chi connectivity index (χ0n) is 23.9. The molecule has 0 amide bonds. The lowest BCUT2D eigenvalue weighted by Gasteiger charge is -2.23. The number of benzene rings is 3. The van der Waals surface area contributed by atoms with Crippen molar-refractivity contribution in [1.29, 1.82) is 0 Å². The summed E-state index contributed by atoms with van der Waals surface area (Å²) in [5, 5.41) is 0. The minimum atomic E-state index is -0.832. The minimum Gasteiger partial charge on any atom is -0.490 e. The van der Waals surface area contributed by atoms with Gasteiger partial charge in [0, 0.05) is 21.8 Å². The molecule has 0 bridgehead atoms. The fourth-order valence-corrected chi connectivity index (χ4v) is 7.07. The maximum absolute atomic E-state index is 14.3. The Morgan fingerprint density at radius 1 is 1.05 bits per heavy atom. The molecule has 1 aliphatic heterocycles. The summed E-state index contributed by atoms with van der Waals surface area (Å²) < 4.78 is 40.1. The summed E-state index contributed by atoms with van der Waals surface area (Å²) in [5.74, 6) is 0.489. The first-order valence-corrected chi connectivity index (χ1v) is 16.0. The lowest BCUT2D eigenvalue weighted by Crippen LogP contribution is -2.39. The van der Waals surface area contributed by atoms with Gasteiger partial charge in [-0.2, -0.15) is 0 Å². The van der Waals surface area contributed by atoms with Gasteiger partial charge in [0.25, 0.3) is 5.56 Å². The standard InChI is InChI=1S/C32H27Br2FN2O6S/c1-4-41-25-11-10-18(13-26(25)42-5-2)28-22(31(39)40-3)16-36-32-37(28)30(38)27(44-32)14-20-12-21(33)15-23(34)29(20)43-17-19-8-6-7-9-24(19)35/h6-16,28H,4-5,17H2,1-3H3/b27-14+/t28-/m0/s1. The number of hydrogen-bond acceptors (Lipinski definition) is 8. The predicted octanol–water partition coefficient (Wildman–Crippen LogP) is 6.06. The number of halogens is 3. The summed E-state index contributed by atoms with van der Waals surface area (Å²) in [6.45, 7) is 4.56. The van der Waals surface area contributed by atoms with E-state index >= 15 is 0 Å².